The lowest BCUT2D eigenvalue weighted by Gasteiger charge is -2.24. The predicted molar refractivity (Wildman–Crippen MR) is 173 cm³/mol. The molecule has 0 heterocycles. The van der Waals surface area contributed by atoms with Crippen molar-refractivity contribution in [2.45, 2.75) is 66.0 Å². The van der Waals surface area contributed by atoms with Gasteiger partial charge < -0.3 is 20.4 Å². The van der Waals surface area contributed by atoms with E-state index >= 15 is 0 Å². The molecule has 230 valence electrons. The molecular weight excluding hydrogens is 538 g/mol. The van der Waals surface area contributed by atoms with Gasteiger partial charge in [-0.3, -0.25) is 14.4 Å². The van der Waals surface area contributed by atoms with Crippen molar-refractivity contribution in [3.63, 3.8) is 0 Å². The van der Waals surface area contributed by atoms with Crippen LogP contribution in [0, 0.1) is 16.7 Å². The lowest BCUT2D eigenvalue weighted by Crippen LogP contribution is -2.39. The summed E-state index contributed by atoms with van der Waals surface area (Å²) in [5.74, 6) is -1.82. The number of carbonyl (C=O) groups excluding carboxylic acids is 3. The molecule has 0 aliphatic heterocycles. The van der Waals surface area contributed by atoms with Gasteiger partial charge in [0.1, 0.15) is 6.54 Å². The van der Waals surface area contributed by atoms with Crippen LogP contribution in [-0.2, 0) is 16.1 Å². The van der Waals surface area contributed by atoms with E-state index in [9.17, 15) is 14.4 Å². The fourth-order valence-corrected chi connectivity index (χ4v) is 4.67. The van der Waals surface area contributed by atoms with Crippen molar-refractivity contribution in [1.29, 1.82) is 5.26 Å². The second-order valence-electron chi connectivity index (χ2n) is 11.5. The minimum Gasteiger partial charge on any atom is -0.377 e. The first kappa shape index (κ1) is 34.8. The van der Waals surface area contributed by atoms with E-state index in [4.69, 9.17) is 5.26 Å². The zero-order valence-electron chi connectivity index (χ0n) is 26.8. The van der Waals surface area contributed by atoms with Gasteiger partial charge in [0.2, 0.25) is 0 Å². The standard InChI is InChI=1S/C22H34N2.C13H13N3O3/c1-8-10-17(3)20(22(4)13-14-22)15-21(23(5)6)18(9-2)16-24(7)19-11-12-19;1-9(17)11-5-3-2-4-10(11)8-16-13(19)12(18)15-7-6-14/h8-10,15-16,19H,2,11-14H2,1,3-7H3;2-5H,7-8H2,1H3,(H,15,18)(H,16,19)/b10-8-,18-16+,20-17-,21-15-;. The second-order valence-corrected chi connectivity index (χ2v) is 11.5. The number of allylic oxidation sites excluding steroid dienone is 6. The largest absolute Gasteiger partial charge is 0.377 e. The van der Waals surface area contributed by atoms with Gasteiger partial charge in [0, 0.05) is 56.8 Å². The van der Waals surface area contributed by atoms with Crippen molar-refractivity contribution >= 4 is 17.6 Å². The van der Waals surface area contributed by atoms with Crippen LogP contribution in [0.4, 0.5) is 0 Å². The van der Waals surface area contributed by atoms with Crippen LogP contribution in [0.2, 0.25) is 0 Å². The lowest BCUT2D eigenvalue weighted by molar-refractivity contribution is -0.139. The Labute approximate surface area is 257 Å². The van der Waals surface area contributed by atoms with E-state index < -0.39 is 11.8 Å². The van der Waals surface area contributed by atoms with Gasteiger partial charge >= 0.3 is 11.8 Å². The molecule has 8 nitrogen and oxygen atoms in total. The molecule has 8 heteroatoms. The van der Waals surface area contributed by atoms with E-state index in [-0.39, 0.29) is 18.9 Å². The molecule has 2 aliphatic carbocycles. The monoisotopic (exact) mass is 585 g/mol. The Morgan fingerprint density at radius 3 is 2.23 bits per heavy atom. The van der Waals surface area contributed by atoms with Gasteiger partial charge in [-0.25, -0.2) is 0 Å². The maximum Gasteiger partial charge on any atom is 0.310 e. The van der Waals surface area contributed by atoms with Crippen LogP contribution in [0.1, 0.15) is 69.3 Å². The van der Waals surface area contributed by atoms with Crippen LogP contribution in [0.25, 0.3) is 0 Å². The molecule has 0 atom stereocenters. The Morgan fingerprint density at radius 2 is 1.72 bits per heavy atom. The van der Waals surface area contributed by atoms with E-state index in [2.05, 4.69) is 93.4 Å². The number of hydrogen-bond acceptors (Lipinski definition) is 6. The van der Waals surface area contributed by atoms with Gasteiger partial charge in [-0.05, 0) is 74.7 Å². The Morgan fingerprint density at radius 1 is 1.09 bits per heavy atom. The van der Waals surface area contributed by atoms with Crippen LogP contribution >= 0.6 is 0 Å². The molecular formula is C35H47N5O3. The van der Waals surface area contributed by atoms with Crippen LogP contribution in [0.15, 0.2) is 83.8 Å². The summed E-state index contributed by atoms with van der Waals surface area (Å²) in [6, 6.07) is 9.22. The third-order valence-electron chi connectivity index (χ3n) is 7.61. The zero-order valence-corrected chi connectivity index (χ0v) is 26.8. The van der Waals surface area contributed by atoms with Crippen molar-refractivity contribution in [2.75, 3.05) is 27.7 Å². The van der Waals surface area contributed by atoms with Crippen LogP contribution < -0.4 is 10.6 Å². The van der Waals surface area contributed by atoms with Crippen LogP contribution in [-0.4, -0.2) is 61.1 Å². The predicted octanol–water partition coefficient (Wildman–Crippen LogP) is 5.43. The number of benzene rings is 1. The number of nitrogens with one attached hydrogen (secondary N) is 2. The summed E-state index contributed by atoms with van der Waals surface area (Å²) in [6.45, 7) is 12.1. The van der Waals surface area contributed by atoms with E-state index in [1.54, 1.807) is 30.3 Å². The second kappa shape index (κ2) is 16.3. The number of carbonyl (C=O) groups is 3. The molecule has 3 rings (SSSR count). The third-order valence-corrected chi connectivity index (χ3v) is 7.61. The van der Waals surface area contributed by atoms with E-state index in [1.165, 1.54) is 55.0 Å². The number of Topliss-reactive ketones (excluding diaryl/α,β-unsaturated/α-hetero) is 1. The van der Waals surface area contributed by atoms with Crippen molar-refractivity contribution < 1.29 is 14.4 Å². The molecule has 1 aromatic carbocycles. The maximum atomic E-state index is 11.4. The van der Waals surface area contributed by atoms with Gasteiger partial charge in [-0.15, -0.1) is 0 Å². The number of nitriles is 1. The number of hydrogen-bond donors (Lipinski definition) is 2. The maximum absolute atomic E-state index is 11.4. The topological polar surface area (TPSA) is 106 Å². The fraction of sp³-hybridized carbons (Fsp3) is 0.429. The highest BCUT2D eigenvalue weighted by molar-refractivity contribution is 6.35. The van der Waals surface area contributed by atoms with E-state index in [0.717, 1.165) is 0 Å². The number of nitrogens with zero attached hydrogens (tertiary/aromatic N) is 3. The summed E-state index contributed by atoms with van der Waals surface area (Å²) in [6.07, 6.45) is 16.2. The highest BCUT2D eigenvalue weighted by Gasteiger charge is 2.41. The first-order valence-electron chi connectivity index (χ1n) is 14.7. The molecule has 0 aromatic heterocycles. The van der Waals surface area contributed by atoms with Crippen LogP contribution in [0.5, 0.6) is 0 Å². The molecule has 0 unspecified atom stereocenters. The first-order valence-corrected chi connectivity index (χ1v) is 14.7. The molecule has 0 spiro atoms. The quantitative estimate of drug-likeness (QED) is 0.147. The number of amides is 2. The molecule has 2 amide bonds. The van der Waals surface area contributed by atoms with Gasteiger partial charge in [-0.2, -0.15) is 5.26 Å². The average Bonchev–Trinajstić information content (AvgIpc) is 3.91. The highest BCUT2D eigenvalue weighted by Crippen LogP contribution is 2.53. The number of likely N-dealkylation sites (N-methyl/N-ethyl adjacent to an activating group) is 1. The molecule has 0 saturated heterocycles. The van der Waals surface area contributed by atoms with Gasteiger partial charge in [0.15, 0.2) is 5.78 Å². The molecule has 2 fully saturated rings. The zero-order chi connectivity index (χ0) is 32.2. The minimum absolute atomic E-state index is 0.0779. The van der Waals surface area contributed by atoms with Gasteiger partial charge in [0.05, 0.1) is 6.07 Å². The Hall–Kier alpha value is -4.38. The lowest BCUT2D eigenvalue weighted by atomic mass is 9.91. The molecule has 2 aliphatic rings. The smallest absolute Gasteiger partial charge is 0.310 e. The highest BCUT2D eigenvalue weighted by atomic mass is 16.2. The molecule has 0 bridgehead atoms. The number of ketones is 1. The molecule has 2 N–H and O–H groups in total. The van der Waals surface area contributed by atoms with E-state index in [0.29, 0.717) is 22.6 Å². The average molecular weight is 586 g/mol. The SMILES string of the molecule is C=CC(=C\N(C)C1CC1)/C(=C/C(=C(C)/C=C\C)C1(C)CC1)N(C)C.CC(=O)c1ccccc1CNC(=O)C(=O)NCC#N. The fourth-order valence-electron chi connectivity index (χ4n) is 4.67. The van der Waals surface area contributed by atoms with Crippen molar-refractivity contribution in [3.8, 4) is 6.07 Å². The molecule has 43 heavy (non-hydrogen) atoms. The Balaban J connectivity index is 0.000000309. The van der Waals surface area contributed by atoms with Crippen molar-refractivity contribution in [2.24, 2.45) is 5.41 Å². The first-order chi connectivity index (χ1) is 20.4. The normalized spacial score (nSPS) is 16.1. The summed E-state index contributed by atoms with van der Waals surface area (Å²) in [5.41, 5.74) is 6.74. The third kappa shape index (κ3) is 10.8. The minimum atomic E-state index is -0.873. The van der Waals surface area contributed by atoms with Crippen molar-refractivity contribution in [1.82, 2.24) is 20.4 Å². The van der Waals surface area contributed by atoms with E-state index in [1.807, 2.05) is 6.08 Å². The number of rotatable bonds is 12. The summed E-state index contributed by atoms with van der Waals surface area (Å²) in [5, 5.41) is 12.8. The summed E-state index contributed by atoms with van der Waals surface area (Å²) < 4.78 is 0. The Bertz CT molecular complexity index is 1350. The summed E-state index contributed by atoms with van der Waals surface area (Å²) >= 11 is 0. The summed E-state index contributed by atoms with van der Waals surface area (Å²) in [7, 11) is 6.43. The van der Waals surface area contributed by atoms with Gasteiger partial charge in [-0.1, -0.05) is 56.0 Å². The molecule has 0 radical (unpaired) electrons. The van der Waals surface area contributed by atoms with Crippen LogP contribution in [0.3, 0.4) is 0 Å². The van der Waals surface area contributed by atoms with Gasteiger partial charge in [0.25, 0.3) is 0 Å². The van der Waals surface area contributed by atoms with Crippen molar-refractivity contribution in [3.05, 3.63) is 94.9 Å². The Kier molecular flexibility index (Phi) is 13.2. The molecule has 2 saturated carbocycles. The summed E-state index contributed by atoms with van der Waals surface area (Å²) in [4.78, 5) is 38.5. The molecule has 1 aromatic rings.